The lowest BCUT2D eigenvalue weighted by Gasteiger charge is -2.27. The molecule has 92 valence electrons. The van der Waals surface area contributed by atoms with Gasteiger partial charge in [-0.25, -0.2) is 0 Å². The van der Waals surface area contributed by atoms with Crippen molar-refractivity contribution in [2.45, 2.75) is 13.0 Å². The number of hydrogen-bond acceptors (Lipinski definition) is 1. The van der Waals surface area contributed by atoms with Gasteiger partial charge in [0, 0.05) is 17.3 Å². The van der Waals surface area contributed by atoms with Crippen LogP contribution in [0.15, 0.2) is 24.3 Å². The summed E-state index contributed by atoms with van der Waals surface area (Å²) in [6, 6.07) is 8.85. The lowest BCUT2D eigenvalue weighted by atomic mass is 10.0. The molecule has 0 amide bonds. The summed E-state index contributed by atoms with van der Waals surface area (Å²) < 4.78 is 4.91. The first kappa shape index (κ1) is 10.2. The Labute approximate surface area is 107 Å². The van der Waals surface area contributed by atoms with Gasteiger partial charge in [-0.1, -0.05) is 18.2 Å². The summed E-state index contributed by atoms with van der Waals surface area (Å²) in [6.07, 6.45) is 1.16. The first-order valence-electron chi connectivity index (χ1n) is 6.67. The third kappa shape index (κ3) is 1.12. The van der Waals surface area contributed by atoms with Gasteiger partial charge < -0.3 is 4.57 Å². The van der Waals surface area contributed by atoms with Crippen molar-refractivity contribution in [2.75, 3.05) is 27.2 Å². The molecule has 1 aromatic carbocycles. The van der Waals surface area contributed by atoms with Crippen LogP contribution in [0, 0.1) is 0 Å². The van der Waals surface area contributed by atoms with Crippen LogP contribution in [0.1, 0.15) is 11.3 Å². The van der Waals surface area contributed by atoms with E-state index in [-0.39, 0.29) is 0 Å². The summed E-state index contributed by atoms with van der Waals surface area (Å²) in [7, 11) is 4.42. The number of benzene rings is 1. The molecule has 3 heteroatoms. The molecule has 0 radical (unpaired) electrons. The van der Waals surface area contributed by atoms with Crippen molar-refractivity contribution in [2.24, 2.45) is 0 Å². The Morgan fingerprint density at radius 3 is 2.89 bits per heavy atom. The summed E-state index contributed by atoms with van der Waals surface area (Å²) in [5.74, 6) is 1.40. The third-order valence-corrected chi connectivity index (χ3v) is 4.37. The molecule has 0 fully saturated rings. The zero-order valence-electron chi connectivity index (χ0n) is 11.0. The Morgan fingerprint density at radius 1 is 1.17 bits per heavy atom. The smallest absolute Gasteiger partial charge is 0.296 e. The molecule has 0 aliphatic carbocycles. The summed E-state index contributed by atoms with van der Waals surface area (Å²) in [4.78, 5) is 2.40. The molecule has 0 unspecified atom stereocenters. The van der Waals surface area contributed by atoms with Gasteiger partial charge in [0.2, 0.25) is 0 Å². The lowest BCUT2D eigenvalue weighted by molar-refractivity contribution is -0.503. The normalized spacial score (nSPS) is 18.4. The molecule has 0 bridgehead atoms. The second-order valence-electron chi connectivity index (χ2n) is 5.41. The maximum atomic E-state index is 2.51. The standard InChI is InChI=1S/C15H18N3/c1-16-8-7-12-11-5-3-4-6-13(11)18-10-9-17(2)15(16)14(12)18/h3-6H,7-10H2,1-2H3/q+1. The highest BCUT2D eigenvalue weighted by molar-refractivity contribution is 6.03. The minimum absolute atomic E-state index is 1.10. The van der Waals surface area contributed by atoms with Gasteiger partial charge in [0.25, 0.3) is 5.84 Å². The van der Waals surface area contributed by atoms with Crippen LogP contribution >= 0.6 is 0 Å². The predicted octanol–water partition coefficient (Wildman–Crippen LogP) is 1.53. The zero-order chi connectivity index (χ0) is 12.3. The fourth-order valence-electron chi connectivity index (χ4n) is 3.51. The highest BCUT2D eigenvalue weighted by atomic mass is 15.3. The summed E-state index contributed by atoms with van der Waals surface area (Å²) in [5.41, 5.74) is 4.41. The van der Waals surface area contributed by atoms with Crippen LogP contribution < -0.4 is 0 Å². The SMILES string of the molecule is CN1CCn2c3c(c4ccccc42)CC[N+](C)=C31. The van der Waals surface area contributed by atoms with E-state index in [1.807, 2.05) is 0 Å². The van der Waals surface area contributed by atoms with Crippen molar-refractivity contribution in [1.29, 1.82) is 0 Å². The quantitative estimate of drug-likeness (QED) is 0.636. The van der Waals surface area contributed by atoms with Gasteiger partial charge >= 0.3 is 0 Å². The van der Waals surface area contributed by atoms with Crippen LogP contribution in [0.5, 0.6) is 0 Å². The number of fused-ring (bicyclic) bond motifs is 3. The number of aromatic nitrogens is 1. The predicted molar refractivity (Wildman–Crippen MR) is 73.4 cm³/mol. The highest BCUT2D eigenvalue weighted by Gasteiger charge is 2.35. The van der Waals surface area contributed by atoms with Gasteiger partial charge in [0.05, 0.1) is 27.2 Å². The Bertz CT molecular complexity index is 663. The molecule has 0 saturated carbocycles. The van der Waals surface area contributed by atoms with Gasteiger partial charge in [0.1, 0.15) is 12.2 Å². The van der Waals surface area contributed by atoms with Gasteiger partial charge in [-0.05, 0) is 11.6 Å². The van der Waals surface area contributed by atoms with E-state index in [0.29, 0.717) is 0 Å². The Hall–Kier alpha value is -1.77. The van der Waals surface area contributed by atoms with Gasteiger partial charge in [-0.15, -0.1) is 0 Å². The Kier molecular flexibility index (Phi) is 1.91. The maximum absolute atomic E-state index is 2.51. The molecule has 0 spiro atoms. The molecule has 2 aromatic rings. The van der Waals surface area contributed by atoms with Crippen LogP contribution in [-0.4, -0.2) is 47.1 Å². The molecule has 3 heterocycles. The van der Waals surface area contributed by atoms with Crippen molar-refractivity contribution >= 4 is 16.7 Å². The molecule has 18 heavy (non-hydrogen) atoms. The minimum atomic E-state index is 1.10. The fourth-order valence-corrected chi connectivity index (χ4v) is 3.51. The van der Waals surface area contributed by atoms with Crippen LogP contribution in [-0.2, 0) is 13.0 Å². The molecule has 4 rings (SSSR count). The van der Waals surface area contributed by atoms with Crippen molar-refractivity contribution in [3.63, 3.8) is 0 Å². The molecule has 0 N–H and O–H groups in total. The largest absolute Gasteiger partial charge is 0.330 e. The number of rotatable bonds is 0. The van der Waals surface area contributed by atoms with Gasteiger partial charge in [-0.2, -0.15) is 0 Å². The number of nitrogens with zero attached hydrogens (tertiary/aromatic N) is 3. The van der Waals surface area contributed by atoms with E-state index in [2.05, 4.69) is 52.4 Å². The third-order valence-electron chi connectivity index (χ3n) is 4.37. The zero-order valence-corrected chi connectivity index (χ0v) is 11.0. The number of amidine groups is 1. The van der Waals surface area contributed by atoms with E-state index in [4.69, 9.17) is 0 Å². The van der Waals surface area contributed by atoms with Gasteiger partial charge in [-0.3, -0.25) is 9.48 Å². The monoisotopic (exact) mass is 240 g/mol. The molecule has 2 aliphatic rings. The summed E-state index contributed by atoms with van der Waals surface area (Å²) in [5, 5.41) is 1.45. The van der Waals surface area contributed by atoms with Gasteiger partial charge in [0.15, 0.2) is 0 Å². The van der Waals surface area contributed by atoms with Crippen LogP contribution in [0.3, 0.4) is 0 Å². The first-order valence-corrected chi connectivity index (χ1v) is 6.67. The van der Waals surface area contributed by atoms with Crippen LogP contribution in [0.2, 0.25) is 0 Å². The van der Waals surface area contributed by atoms with E-state index in [9.17, 15) is 0 Å². The lowest BCUT2D eigenvalue weighted by Crippen LogP contribution is -2.45. The molecular weight excluding hydrogens is 222 g/mol. The Morgan fingerprint density at radius 2 is 2.00 bits per heavy atom. The average molecular weight is 240 g/mol. The number of likely N-dealkylation sites (N-methyl/N-ethyl adjacent to an activating group) is 2. The van der Waals surface area contributed by atoms with E-state index < -0.39 is 0 Å². The number of para-hydroxylation sites is 1. The highest BCUT2D eigenvalue weighted by Crippen LogP contribution is 2.31. The van der Waals surface area contributed by atoms with Crippen molar-refractivity contribution in [3.8, 4) is 0 Å². The summed E-state index contributed by atoms with van der Waals surface area (Å²) >= 11 is 0. The second kappa shape index (κ2) is 3.37. The average Bonchev–Trinajstić information content (AvgIpc) is 2.71. The molecule has 0 atom stereocenters. The number of hydrogen-bond donors (Lipinski definition) is 0. The van der Waals surface area contributed by atoms with E-state index in [1.54, 1.807) is 5.56 Å². The topological polar surface area (TPSA) is 11.2 Å². The first-order chi connectivity index (χ1) is 8.77. The minimum Gasteiger partial charge on any atom is -0.330 e. The van der Waals surface area contributed by atoms with Crippen molar-refractivity contribution in [1.82, 2.24) is 9.47 Å². The fraction of sp³-hybridized carbons (Fsp3) is 0.400. The molecule has 1 aromatic heterocycles. The van der Waals surface area contributed by atoms with E-state index >= 15 is 0 Å². The molecular formula is C15H18N3+. The van der Waals surface area contributed by atoms with E-state index in [1.165, 1.54) is 22.4 Å². The van der Waals surface area contributed by atoms with Crippen LogP contribution in [0.4, 0.5) is 0 Å². The Balaban J connectivity index is 2.16. The molecule has 2 aliphatic heterocycles. The summed E-state index contributed by atoms with van der Waals surface area (Å²) in [6.45, 7) is 3.33. The molecule has 3 nitrogen and oxygen atoms in total. The van der Waals surface area contributed by atoms with E-state index in [0.717, 1.165) is 26.1 Å². The van der Waals surface area contributed by atoms with Crippen molar-refractivity contribution < 1.29 is 4.58 Å². The second-order valence-corrected chi connectivity index (χ2v) is 5.41. The van der Waals surface area contributed by atoms with Crippen LogP contribution in [0.25, 0.3) is 10.9 Å². The molecule has 0 saturated heterocycles. The van der Waals surface area contributed by atoms with Crippen molar-refractivity contribution in [3.05, 3.63) is 35.5 Å². The maximum Gasteiger partial charge on any atom is 0.296 e.